The lowest BCUT2D eigenvalue weighted by molar-refractivity contribution is -0.121. The summed E-state index contributed by atoms with van der Waals surface area (Å²) in [4.78, 5) is 13.6. The number of nitrogens with one attached hydrogen (secondary N) is 1. The van der Waals surface area contributed by atoms with E-state index in [0.717, 1.165) is 21.9 Å². The molecule has 5 heteroatoms. The van der Waals surface area contributed by atoms with Crippen molar-refractivity contribution in [3.05, 3.63) is 82.6 Å². The zero-order valence-electron chi connectivity index (χ0n) is 15.3. The minimum absolute atomic E-state index is 0.0237. The molecule has 1 heterocycles. The molecule has 1 N–H and O–H groups in total. The number of amides is 1. The van der Waals surface area contributed by atoms with Crippen LogP contribution in [0.2, 0.25) is 0 Å². The van der Waals surface area contributed by atoms with Crippen LogP contribution in [0, 0.1) is 0 Å². The van der Waals surface area contributed by atoms with Gasteiger partial charge >= 0.3 is 0 Å². The molecule has 2 aromatic carbocycles. The second kappa shape index (κ2) is 9.78. The lowest BCUT2D eigenvalue weighted by Crippen LogP contribution is -2.28. The lowest BCUT2D eigenvalue weighted by atomic mass is 10.1. The predicted octanol–water partition coefficient (Wildman–Crippen LogP) is 4.82. The van der Waals surface area contributed by atoms with E-state index in [-0.39, 0.29) is 11.9 Å². The highest BCUT2D eigenvalue weighted by Gasteiger charge is 2.17. The molecule has 27 heavy (non-hydrogen) atoms. The number of hydrogen-bond donors (Lipinski definition) is 1. The van der Waals surface area contributed by atoms with Crippen molar-refractivity contribution in [3.8, 4) is 11.5 Å². The molecule has 0 saturated carbocycles. The van der Waals surface area contributed by atoms with E-state index < -0.39 is 0 Å². The van der Waals surface area contributed by atoms with Crippen LogP contribution in [0.1, 0.15) is 29.3 Å². The number of hydrogen-bond acceptors (Lipinski definition) is 4. The van der Waals surface area contributed by atoms with E-state index in [1.165, 1.54) is 0 Å². The molecule has 1 amide bonds. The average Bonchev–Trinajstić information content (AvgIpc) is 3.25. The normalized spacial score (nSPS) is 11.6. The third-order valence-corrected chi connectivity index (χ3v) is 5.08. The van der Waals surface area contributed by atoms with Crippen LogP contribution in [-0.4, -0.2) is 19.6 Å². The Hall–Kier alpha value is -2.79. The van der Waals surface area contributed by atoms with E-state index in [1.54, 1.807) is 18.4 Å². The van der Waals surface area contributed by atoms with Crippen LogP contribution < -0.4 is 14.8 Å². The number of methoxy groups -OCH3 is 1. The van der Waals surface area contributed by atoms with Gasteiger partial charge in [0.05, 0.1) is 19.8 Å². The Labute approximate surface area is 163 Å². The molecular weight excluding hydrogens is 358 g/mol. The van der Waals surface area contributed by atoms with Crippen LogP contribution >= 0.6 is 11.3 Å². The molecular formula is C22H23NO3S. The van der Waals surface area contributed by atoms with Gasteiger partial charge in [-0.1, -0.05) is 36.4 Å². The zero-order chi connectivity index (χ0) is 18.9. The molecule has 0 fully saturated rings. The smallest absolute Gasteiger partial charge is 0.220 e. The SMILES string of the molecule is COc1ccc(OCCCC(=O)NC(c2ccccc2)c2cccs2)cc1. The van der Waals surface area contributed by atoms with Gasteiger partial charge in [-0.3, -0.25) is 4.79 Å². The molecule has 1 aromatic heterocycles. The van der Waals surface area contributed by atoms with Crippen molar-refractivity contribution < 1.29 is 14.3 Å². The molecule has 4 nitrogen and oxygen atoms in total. The van der Waals surface area contributed by atoms with E-state index in [1.807, 2.05) is 66.0 Å². The van der Waals surface area contributed by atoms with Gasteiger partial charge in [0, 0.05) is 11.3 Å². The van der Waals surface area contributed by atoms with E-state index in [2.05, 4.69) is 11.4 Å². The Morgan fingerprint density at radius 2 is 1.74 bits per heavy atom. The summed E-state index contributed by atoms with van der Waals surface area (Å²) in [5.74, 6) is 1.59. The first kappa shape index (κ1) is 19.0. The summed E-state index contributed by atoms with van der Waals surface area (Å²) >= 11 is 1.65. The fourth-order valence-electron chi connectivity index (χ4n) is 2.75. The molecule has 0 aliphatic rings. The minimum Gasteiger partial charge on any atom is -0.497 e. The Morgan fingerprint density at radius 3 is 2.41 bits per heavy atom. The number of ether oxygens (including phenoxy) is 2. The summed E-state index contributed by atoms with van der Waals surface area (Å²) in [5, 5.41) is 5.18. The Balaban J connectivity index is 1.49. The first-order valence-corrected chi connectivity index (χ1v) is 9.79. The first-order valence-electron chi connectivity index (χ1n) is 8.91. The molecule has 0 radical (unpaired) electrons. The van der Waals surface area contributed by atoms with Gasteiger partial charge in [0.1, 0.15) is 11.5 Å². The van der Waals surface area contributed by atoms with E-state index >= 15 is 0 Å². The zero-order valence-corrected chi connectivity index (χ0v) is 16.1. The standard InChI is InChI=1S/C22H23NO3S/c1-25-18-11-13-19(14-12-18)26-15-5-10-21(24)23-22(20-9-6-16-27-20)17-7-3-2-4-8-17/h2-4,6-9,11-14,16,22H,5,10,15H2,1H3,(H,23,24). The summed E-state index contributed by atoms with van der Waals surface area (Å²) in [7, 11) is 1.63. The molecule has 0 aliphatic carbocycles. The van der Waals surface area contributed by atoms with Gasteiger partial charge in [-0.05, 0) is 47.7 Å². The largest absolute Gasteiger partial charge is 0.497 e. The van der Waals surface area contributed by atoms with Gasteiger partial charge in [-0.2, -0.15) is 0 Å². The van der Waals surface area contributed by atoms with Crippen molar-refractivity contribution in [1.29, 1.82) is 0 Å². The average molecular weight is 381 g/mol. The molecule has 1 atom stereocenters. The number of carbonyl (C=O) groups is 1. The maximum absolute atomic E-state index is 12.4. The van der Waals surface area contributed by atoms with Gasteiger partial charge in [-0.15, -0.1) is 11.3 Å². The molecule has 3 rings (SSSR count). The maximum Gasteiger partial charge on any atom is 0.220 e. The molecule has 3 aromatic rings. The summed E-state index contributed by atoms with van der Waals surface area (Å²) in [6.07, 6.45) is 1.08. The highest BCUT2D eigenvalue weighted by atomic mass is 32.1. The first-order chi connectivity index (χ1) is 13.3. The number of thiophene rings is 1. The fourth-order valence-corrected chi connectivity index (χ4v) is 3.55. The van der Waals surface area contributed by atoms with Gasteiger partial charge in [0.2, 0.25) is 5.91 Å². The van der Waals surface area contributed by atoms with Crippen molar-refractivity contribution in [2.45, 2.75) is 18.9 Å². The van der Waals surface area contributed by atoms with Crippen LogP contribution in [0.3, 0.4) is 0 Å². The van der Waals surface area contributed by atoms with Crippen molar-refractivity contribution >= 4 is 17.2 Å². The second-order valence-electron chi connectivity index (χ2n) is 6.05. The van der Waals surface area contributed by atoms with E-state index in [9.17, 15) is 4.79 Å². The van der Waals surface area contributed by atoms with Crippen molar-refractivity contribution in [2.75, 3.05) is 13.7 Å². The van der Waals surface area contributed by atoms with Crippen LogP contribution in [0.15, 0.2) is 72.1 Å². The van der Waals surface area contributed by atoms with Crippen LogP contribution in [0.5, 0.6) is 11.5 Å². The summed E-state index contributed by atoms with van der Waals surface area (Å²) in [5.41, 5.74) is 1.09. The lowest BCUT2D eigenvalue weighted by Gasteiger charge is -2.18. The molecule has 1 unspecified atom stereocenters. The van der Waals surface area contributed by atoms with Crippen LogP contribution in [0.25, 0.3) is 0 Å². The summed E-state index contributed by atoms with van der Waals surface area (Å²) < 4.78 is 10.8. The summed E-state index contributed by atoms with van der Waals surface area (Å²) in [6.45, 7) is 0.495. The number of benzene rings is 2. The van der Waals surface area contributed by atoms with Crippen molar-refractivity contribution in [1.82, 2.24) is 5.32 Å². The van der Waals surface area contributed by atoms with Gasteiger partial charge in [0.15, 0.2) is 0 Å². The van der Waals surface area contributed by atoms with Crippen LogP contribution in [-0.2, 0) is 4.79 Å². The Morgan fingerprint density at radius 1 is 1.00 bits per heavy atom. The van der Waals surface area contributed by atoms with Crippen molar-refractivity contribution in [3.63, 3.8) is 0 Å². The van der Waals surface area contributed by atoms with Crippen LogP contribution in [0.4, 0.5) is 0 Å². The number of carbonyl (C=O) groups excluding carboxylic acids is 1. The Bertz CT molecular complexity index is 817. The van der Waals surface area contributed by atoms with Gasteiger partial charge in [0.25, 0.3) is 0 Å². The highest BCUT2D eigenvalue weighted by molar-refractivity contribution is 7.10. The van der Waals surface area contributed by atoms with Gasteiger partial charge < -0.3 is 14.8 Å². The summed E-state index contributed by atoms with van der Waals surface area (Å²) in [6, 6.07) is 21.4. The third kappa shape index (κ3) is 5.59. The van der Waals surface area contributed by atoms with E-state index in [0.29, 0.717) is 19.4 Å². The maximum atomic E-state index is 12.4. The fraction of sp³-hybridized carbons (Fsp3) is 0.227. The molecule has 0 saturated heterocycles. The Kier molecular flexibility index (Phi) is 6.88. The third-order valence-electron chi connectivity index (χ3n) is 4.14. The highest BCUT2D eigenvalue weighted by Crippen LogP contribution is 2.26. The predicted molar refractivity (Wildman–Crippen MR) is 108 cm³/mol. The molecule has 0 bridgehead atoms. The molecule has 0 spiro atoms. The molecule has 0 aliphatic heterocycles. The van der Waals surface area contributed by atoms with Gasteiger partial charge in [-0.25, -0.2) is 0 Å². The topological polar surface area (TPSA) is 47.6 Å². The number of rotatable bonds is 9. The minimum atomic E-state index is -0.110. The monoisotopic (exact) mass is 381 g/mol. The van der Waals surface area contributed by atoms with E-state index in [4.69, 9.17) is 9.47 Å². The second-order valence-corrected chi connectivity index (χ2v) is 7.03. The quantitative estimate of drug-likeness (QED) is 0.541. The van der Waals surface area contributed by atoms with Crippen molar-refractivity contribution in [2.24, 2.45) is 0 Å². The molecule has 140 valence electrons.